The fourth-order valence-corrected chi connectivity index (χ4v) is 3.30. The Labute approximate surface area is 131 Å². The van der Waals surface area contributed by atoms with E-state index in [4.69, 9.17) is 0 Å². The van der Waals surface area contributed by atoms with Crippen LogP contribution in [-0.2, 0) is 0 Å². The van der Waals surface area contributed by atoms with Gasteiger partial charge in [-0.25, -0.2) is 0 Å². The molecule has 2 aromatic carbocycles. The quantitative estimate of drug-likeness (QED) is 0.643. The number of benzene rings is 2. The van der Waals surface area contributed by atoms with Crippen LogP contribution in [0.4, 0.5) is 0 Å². The average molecular weight is 282 g/mol. The van der Waals surface area contributed by atoms with Gasteiger partial charge in [0.05, 0.1) is 0 Å². The van der Waals surface area contributed by atoms with Crippen LogP contribution in [0.15, 0.2) is 85.0 Å². The molecule has 0 N–H and O–H groups in total. The number of hydrogen-bond acceptors (Lipinski definition) is 0. The number of rotatable bonds is 3. The Bertz CT molecular complexity index is 814. The van der Waals surface area contributed by atoms with Crippen LogP contribution in [0.5, 0.6) is 0 Å². The molecular formula is C22H18. The molecule has 0 aliphatic heterocycles. The maximum absolute atomic E-state index is 2.26. The van der Waals surface area contributed by atoms with Crippen LogP contribution in [0.1, 0.15) is 24.0 Å². The van der Waals surface area contributed by atoms with Gasteiger partial charge in [0.2, 0.25) is 0 Å². The van der Waals surface area contributed by atoms with Gasteiger partial charge >= 0.3 is 0 Å². The molecule has 22 heavy (non-hydrogen) atoms. The summed E-state index contributed by atoms with van der Waals surface area (Å²) >= 11 is 0. The third kappa shape index (κ3) is 2.27. The average Bonchev–Trinajstić information content (AvgIpc) is 3.28. The van der Waals surface area contributed by atoms with Crippen LogP contribution in [0.25, 0.3) is 22.3 Å². The van der Waals surface area contributed by atoms with Crippen LogP contribution >= 0.6 is 0 Å². The first-order valence-electron chi connectivity index (χ1n) is 7.84. The van der Waals surface area contributed by atoms with E-state index in [1.165, 1.54) is 33.4 Å². The molecule has 0 heteroatoms. The van der Waals surface area contributed by atoms with Crippen LogP contribution in [-0.4, -0.2) is 0 Å². The van der Waals surface area contributed by atoms with Crippen molar-refractivity contribution in [2.45, 2.75) is 12.8 Å². The second-order valence-corrected chi connectivity index (χ2v) is 5.74. The molecule has 0 radical (unpaired) electrons. The number of allylic oxidation sites excluding steroid dienone is 8. The van der Waals surface area contributed by atoms with Gasteiger partial charge < -0.3 is 0 Å². The zero-order chi connectivity index (χ0) is 14.8. The standard InChI is InChI=1S/C22H18/c1-2-9-17(10-3-1)20-15-8-16-21(18-11-4-5-12-18)22(20)19-13-6-7-14-19/h1-11,13,15-16H,12,14H2. The predicted molar refractivity (Wildman–Crippen MR) is 95.3 cm³/mol. The molecule has 0 atom stereocenters. The fourth-order valence-electron chi connectivity index (χ4n) is 3.30. The number of hydrogen-bond donors (Lipinski definition) is 0. The van der Waals surface area contributed by atoms with Gasteiger partial charge in [-0.05, 0) is 46.2 Å². The lowest BCUT2D eigenvalue weighted by atomic mass is 9.86. The lowest BCUT2D eigenvalue weighted by Crippen LogP contribution is -1.95. The highest BCUT2D eigenvalue weighted by molar-refractivity contribution is 5.91. The van der Waals surface area contributed by atoms with Crippen molar-refractivity contribution in [1.29, 1.82) is 0 Å². The minimum absolute atomic E-state index is 1.03. The van der Waals surface area contributed by atoms with Crippen molar-refractivity contribution < 1.29 is 0 Å². The van der Waals surface area contributed by atoms with Gasteiger partial charge in [0.25, 0.3) is 0 Å². The topological polar surface area (TPSA) is 0 Å². The summed E-state index contributed by atoms with van der Waals surface area (Å²) < 4.78 is 0. The van der Waals surface area contributed by atoms with E-state index in [1.807, 2.05) is 0 Å². The third-order valence-electron chi connectivity index (χ3n) is 4.36. The molecule has 0 bridgehead atoms. The van der Waals surface area contributed by atoms with Gasteiger partial charge in [-0.2, -0.15) is 0 Å². The smallest absolute Gasteiger partial charge is 0.00673 e. The van der Waals surface area contributed by atoms with Crippen molar-refractivity contribution in [2.75, 3.05) is 0 Å². The first-order chi connectivity index (χ1) is 10.9. The first-order valence-corrected chi connectivity index (χ1v) is 7.84. The first kappa shape index (κ1) is 13.1. The largest absolute Gasteiger partial charge is 0.0801 e. The molecule has 0 fully saturated rings. The zero-order valence-electron chi connectivity index (χ0n) is 12.5. The van der Waals surface area contributed by atoms with Crippen molar-refractivity contribution in [3.63, 3.8) is 0 Å². The summed E-state index contributed by atoms with van der Waals surface area (Å²) in [6.45, 7) is 0. The van der Waals surface area contributed by atoms with E-state index in [-0.39, 0.29) is 0 Å². The van der Waals surface area contributed by atoms with Gasteiger partial charge in [-0.3, -0.25) is 0 Å². The van der Waals surface area contributed by atoms with E-state index >= 15 is 0 Å². The molecule has 2 aliphatic carbocycles. The molecule has 0 heterocycles. The molecule has 0 spiro atoms. The van der Waals surface area contributed by atoms with E-state index in [1.54, 1.807) is 0 Å². The van der Waals surface area contributed by atoms with Gasteiger partial charge in [-0.15, -0.1) is 0 Å². The minimum atomic E-state index is 1.03. The van der Waals surface area contributed by atoms with Gasteiger partial charge in [-0.1, -0.05) is 85.0 Å². The molecule has 0 nitrogen and oxygen atoms in total. The molecule has 0 amide bonds. The summed E-state index contributed by atoms with van der Waals surface area (Å²) in [7, 11) is 0. The molecule has 0 saturated carbocycles. The molecule has 0 saturated heterocycles. The maximum Gasteiger partial charge on any atom is -0.00673 e. The zero-order valence-corrected chi connectivity index (χ0v) is 12.5. The highest BCUT2D eigenvalue weighted by Crippen LogP contribution is 2.39. The SMILES string of the molecule is C1=CCC(c2cccc(-c3ccccc3)c2C2=CC=CC2)=C1. The second-order valence-electron chi connectivity index (χ2n) is 5.74. The van der Waals surface area contributed by atoms with Crippen molar-refractivity contribution in [3.8, 4) is 11.1 Å². The highest BCUT2D eigenvalue weighted by atomic mass is 14.2. The van der Waals surface area contributed by atoms with Crippen LogP contribution < -0.4 is 0 Å². The van der Waals surface area contributed by atoms with E-state index in [0.29, 0.717) is 0 Å². The second kappa shape index (κ2) is 5.65. The van der Waals surface area contributed by atoms with E-state index in [0.717, 1.165) is 12.8 Å². The highest BCUT2D eigenvalue weighted by Gasteiger charge is 2.17. The van der Waals surface area contributed by atoms with Crippen LogP contribution in [0, 0.1) is 0 Å². The van der Waals surface area contributed by atoms with E-state index < -0.39 is 0 Å². The summed E-state index contributed by atoms with van der Waals surface area (Å²) in [5.41, 5.74) is 8.23. The molecule has 0 unspecified atom stereocenters. The Morgan fingerprint density at radius 1 is 0.591 bits per heavy atom. The molecule has 106 valence electrons. The molecule has 2 aromatic rings. The predicted octanol–water partition coefficient (Wildman–Crippen LogP) is 6.04. The van der Waals surface area contributed by atoms with Crippen molar-refractivity contribution in [3.05, 3.63) is 96.1 Å². The Balaban J connectivity index is 1.93. The lowest BCUT2D eigenvalue weighted by molar-refractivity contribution is 1.37. The molecule has 2 aliphatic rings. The summed E-state index contributed by atoms with van der Waals surface area (Å²) in [5.74, 6) is 0. The molecule has 4 rings (SSSR count). The Morgan fingerprint density at radius 3 is 1.95 bits per heavy atom. The van der Waals surface area contributed by atoms with Crippen molar-refractivity contribution in [2.24, 2.45) is 0 Å². The molecular weight excluding hydrogens is 264 g/mol. The van der Waals surface area contributed by atoms with Crippen LogP contribution in [0.2, 0.25) is 0 Å². The van der Waals surface area contributed by atoms with Gasteiger partial charge in [0.1, 0.15) is 0 Å². The van der Waals surface area contributed by atoms with Crippen molar-refractivity contribution >= 4 is 11.1 Å². The Kier molecular flexibility index (Phi) is 3.36. The van der Waals surface area contributed by atoms with Gasteiger partial charge in [0.15, 0.2) is 0 Å². The fraction of sp³-hybridized carbons (Fsp3) is 0.0909. The summed E-state index contributed by atoms with van der Waals surface area (Å²) in [5, 5.41) is 0. The summed E-state index contributed by atoms with van der Waals surface area (Å²) in [6.07, 6.45) is 15.4. The maximum atomic E-state index is 2.26. The van der Waals surface area contributed by atoms with E-state index in [9.17, 15) is 0 Å². The normalized spacial score (nSPS) is 16.0. The summed E-state index contributed by atoms with van der Waals surface area (Å²) in [6, 6.07) is 17.4. The molecule has 0 aromatic heterocycles. The van der Waals surface area contributed by atoms with Crippen molar-refractivity contribution in [1.82, 2.24) is 0 Å². The van der Waals surface area contributed by atoms with Crippen LogP contribution in [0.3, 0.4) is 0 Å². The Hall–Kier alpha value is -2.60. The summed E-state index contributed by atoms with van der Waals surface area (Å²) in [4.78, 5) is 0. The monoisotopic (exact) mass is 282 g/mol. The Morgan fingerprint density at radius 2 is 1.27 bits per heavy atom. The minimum Gasteiger partial charge on any atom is -0.0801 e. The lowest BCUT2D eigenvalue weighted by Gasteiger charge is -2.17. The van der Waals surface area contributed by atoms with Gasteiger partial charge in [0, 0.05) is 0 Å². The van der Waals surface area contributed by atoms with E-state index in [2.05, 4.69) is 85.0 Å². The third-order valence-corrected chi connectivity index (χ3v) is 4.36.